The highest BCUT2D eigenvalue weighted by atomic mass is 32.2. The summed E-state index contributed by atoms with van der Waals surface area (Å²) >= 11 is 0. The van der Waals surface area contributed by atoms with Crippen LogP contribution in [0.2, 0.25) is 0 Å². The summed E-state index contributed by atoms with van der Waals surface area (Å²) in [6.07, 6.45) is 2.23. The van der Waals surface area contributed by atoms with Crippen molar-refractivity contribution in [3.63, 3.8) is 0 Å². The third-order valence-corrected chi connectivity index (χ3v) is 6.24. The molecular weight excluding hydrogens is 312 g/mol. The van der Waals surface area contributed by atoms with E-state index in [-0.39, 0.29) is 5.56 Å². The van der Waals surface area contributed by atoms with E-state index in [1.54, 1.807) is 12.1 Å². The van der Waals surface area contributed by atoms with E-state index in [0.717, 1.165) is 31.7 Å². The van der Waals surface area contributed by atoms with E-state index in [1.165, 1.54) is 4.90 Å². The van der Waals surface area contributed by atoms with E-state index >= 15 is 0 Å². The number of rotatable bonds is 6. The number of nitrogens with one attached hydrogen (secondary N) is 1. The second kappa shape index (κ2) is 7.11. The molecule has 0 saturated carbocycles. The van der Waals surface area contributed by atoms with Crippen molar-refractivity contribution in [3.05, 3.63) is 46.9 Å². The van der Waals surface area contributed by atoms with Crippen molar-refractivity contribution >= 4 is 10.8 Å². The van der Waals surface area contributed by atoms with Crippen molar-refractivity contribution in [3.8, 4) is 0 Å². The summed E-state index contributed by atoms with van der Waals surface area (Å²) in [7, 11) is -1.03. The van der Waals surface area contributed by atoms with Crippen LogP contribution in [0.5, 0.6) is 0 Å². The predicted octanol–water partition coefficient (Wildman–Crippen LogP) is -0.854. The molecule has 2 aliphatic heterocycles. The van der Waals surface area contributed by atoms with E-state index in [0.29, 0.717) is 29.9 Å². The van der Waals surface area contributed by atoms with Gasteiger partial charge in [-0.1, -0.05) is 12.1 Å². The van der Waals surface area contributed by atoms with Gasteiger partial charge in [-0.2, -0.15) is 0 Å². The molecule has 0 radical (unpaired) electrons. The van der Waals surface area contributed by atoms with Crippen LogP contribution >= 0.6 is 0 Å². The monoisotopic (exact) mass is 337 g/mol. The Kier molecular flexibility index (Phi) is 5.14. The summed E-state index contributed by atoms with van der Waals surface area (Å²) in [5, 5.41) is 10.2. The maximum absolute atomic E-state index is 12.0. The lowest BCUT2D eigenvalue weighted by Crippen LogP contribution is -3.15. The van der Waals surface area contributed by atoms with E-state index in [1.807, 2.05) is 10.6 Å². The van der Waals surface area contributed by atoms with Gasteiger partial charge in [-0.15, -0.1) is 6.58 Å². The quantitative estimate of drug-likeness (QED) is 0.665. The third kappa shape index (κ3) is 3.82. The van der Waals surface area contributed by atoms with Crippen LogP contribution in [0.1, 0.15) is 18.0 Å². The molecule has 3 rings (SSSR count). The summed E-state index contributed by atoms with van der Waals surface area (Å²) in [5.41, 5.74) is 1.23. The average Bonchev–Trinajstić information content (AvgIpc) is 2.48. The van der Waals surface area contributed by atoms with Crippen molar-refractivity contribution < 1.29 is 14.2 Å². The Balaban J connectivity index is 1.65. The molecule has 2 aliphatic rings. The maximum atomic E-state index is 12.0. The molecule has 2 N–H and O–H groups in total. The van der Waals surface area contributed by atoms with Gasteiger partial charge in [0.15, 0.2) is 0 Å². The molecule has 126 valence electrons. The molecular formula is C17H25N2O3S+. The highest BCUT2D eigenvalue weighted by molar-refractivity contribution is 7.85. The smallest absolute Gasteiger partial charge is 0.250 e. The highest BCUT2D eigenvalue weighted by Gasteiger charge is 2.37. The summed E-state index contributed by atoms with van der Waals surface area (Å²) < 4.78 is 13.6. The van der Waals surface area contributed by atoms with Crippen LogP contribution in [-0.4, -0.2) is 51.1 Å². The summed E-state index contributed by atoms with van der Waals surface area (Å²) in [6.45, 7) is 6.91. The molecule has 1 fully saturated rings. The molecule has 0 amide bonds. The number of likely N-dealkylation sites (tertiary alicyclic amines) is 1. The molecule has 5 atom stereocenters. The molecule has 1 aromatic rings. The van der Waals surface area contributed by atoms with Crippen molar-refractivity contribution in [1.82, 2.24) is 4.57 Å². The summed E-state index contributed by atoms with van der Waals surface area (Å²) in [4.78, 5) is 13.4. The molecule has 2 bridgehead atoms. The van der Waals surface area contributed by atoms with Crippen molar-refractivity contribution in [1.29, 1.82) is 0 Å². The number of piperidine rings is 1. The first kappa shape index (κ1) is 16.6. The minimum absolute atomic E-state index is 0.0977. The zero-order valence-corrected chi connectivity index (χ0v) is 14.1. The standard InChI is InChI=1S/C17H24N2O3S/c1-2-6-23(22)12-15(20)11-18-8-13-7-14(10-18)16-4-3-5-17(21)19(16)9-13/h2-5,13-15,20H,1,6-12H2/p+1/t13-,14+,15-,23+/m1/s1. The van der Waals surface area contributed by atoms with Gasteiger partial charge >= 0.3 is 0 Å². The van der Waals surface area contributed by atoms with Crippen molar-refractivity contribution in [2.45, 2.75) is 25.0 Å². The second-order valence-corrected chi connectivity index (χ2v) is 8.32. The van der Waals surface area contributed by atoms with Crippen LogP contribution in [0.25, 0.3) is 0 Å². The number of aliphatic hydroxyl groups is 1. The molecule has 5 nitrogen and oxygen atoms in total. The second-order valence-electron chi connectivity index (χ2n) is 6.78. The van der Waals surface area contributed by atoms with Gasteiger partial charge in [0, 0.05) is 46.7 Å². The number of nitrogens with zero attached hydrogens (tertiary/aromatic N) is 1. The van der Waals surface area contributed by atoms with Gasteiger partial charge in [-0.05, 0) is 12.5 Å². The first-order chi connectivity index (χ1) is 11.1. The molecule has 6 heteroatoms. The van der Waals surface area contributed by atoms with E-state index in [4.69, 9.17) is 0 Å². The van der Waals surface area contributed by atoms with Crippen LogP contribution in [0, 0.1) is 5.92 Å². The lowest BCUT2D eigenvalue weighted by Gasteiger charge is -2.40. The number of hydrogen-bond donors (Lipinski definition) is 2. The Labute approximate surface area is 139 Å². The SMILES string of the molecule is C=CC[S@](=O)C[C@H](O)C[NH+]1C[C@H]2C[C@@H](C1)c1cccc(=O)n1C2. The summed E-state index contributed by atoms with van der Waals surface area (Å²) in [6, 6.07) is 5.53. The van der Waals surface area contributed by atoms with Gasteiger partial charge in [-0.3, -0.25) is 9.00 Å². The third-order valence-electron chi connectivity index (χ3n) is 4.88. The maximum Gasteiger partial charge on any atom is 0.250 e. The number of quaternary nitrogens is 1. The van der Waals surface area contributed by atoms with Gasteiger partial charge in [0.05, 0.1) is 18.8 Å². The highest BCUT2D eigenvalue weighted by Crippen LogP contribution is 2.29. The van der Waals surface area contributed by atoms with E-state index in [2.05, 4.69) is 12.6 Å². The van der Waals surface area contributed by atoms with Gasteiger partial charge < -0.3 is 14.6 Å². The predicted molar refractivity (Wildman–Crippen MR) is 91.2 cm³/mol. The Bertz CT molecular complexity index is 657. The first-order valence-corrected chi connectivity index (χ1v) is 9.73. The fraction of sp³-hybridized carbons (Fsp3) is 0.588. The Morgan fingerprint density at radius 3 is 3.09 bits per heavy atom. The zero-order chi connectivity index (χ0) is 16.4. The largest absolute Gasteiger partial charge is 0.386 e. The van der Waals surface area contributed by atoms with Gasteiger partial charge in [0.1, 0.15) is 12.6 Å². The summed E-state index contributed by atoms with van der Waals surface area (Å²) in [5.74, 6) is 1.63. The zero-order valence-electron chi connectivity index (χ0n) is 13.3. The van der Waals surface area contributed by atoms with E-state index in [9.17, 15) is 14.1 Å². The van der Waals surface area contributed by atoms with Crippen LogP contribution in [0.15, 0.2) is 35.6 Å². The van der Waals surface area contributed by atoms with Gasteiger partial charge in [0.25, 0.3) is 5.56 Å². The molecule has 1 unspecified atom stereocenters. The van der Waals surface area contributed by atoms with Crippen LogP contribution in [0.4, 0.5) is 0 Å². The van der Waals surface area contributed by atoms with Crippen LogP contribution in [-0.2, 0) is 17.3 Å². The molecule has 0 aromatic carbocycles. The van der Waals surface area contributed by atoms with Gasteiger partial charge in [0.2, 0.25) is 0 Å². The average molecular weight is 337 g/mol. The first-order valence-electron chi connectivity index (χ1n) is 8.24. The molecule has 3 heterocycles. The van der Waals surface area contributed by atoms with Crippen molar-refractivity contribution in [2.75, 3.05) is 31.1 Å². The minimum atomic E-state index is -1.03. The van der Waals surface area contributed by atoms with Gasteiger partial charge in [-0.25, -0.2) is 0 Å². The lowest BCUT2D eigenvalue weighted by atomic mass is 9.83. The van der Waals surface area contributed by atoms with Crippen molar-refractivity contribution in [2.24, 2.45) is 5.92 Å². The minimum Gasteiger partial charge on any atom is -0.386 e. The number of fused-ring (bicyclic) bond motifs is 4. The van der Waals surface area contributed by atoms with Crippen LogP contribution in [0.3, 0.4) is 0 Å². The topological polar surface area (TPSA) is 63.7 Å². The Morgan fingerprint density at radius 2 is 2.30 bits per heavy atom. The number of aromatic nitrogens is 1. The molecule has 0 spiro atoms. The fourth-order valence-electron chi connectivity index (χ4n) is 4.09. The van der Waals surface area contributed by atoms with E-state index < -0.39 is 16.9 Å². The number of pyridine rings is 1. The number of hydrogen-bond acceptors (Lipinski definition) is 3. The normalized spacial score (nSPS) is 28.7. The lowest BCUT2D eigenvalue weighted by molar-refractivity contribution is -0.913. The van der Waals surface area contributed by atoms with Crippen LogP contribution < -0.4 is 10.5 Å². The Morgan fingerprint density at radius 1 is 1.48 bits per heavy atom. The molecule has 1 aromatic heterocycles. The molecule has 1 saturated heterocycles. The Hall–Kier alpha value is -1.24. The fourth-order valence-corrected chi connectivity index (χ4v) is 5.04. The number of aliphatic hydroxyl groups excluding tert-OH is 1. The molecule has 0 aliphatic carbocycles. The molecule has 23 heavy (non-hydrogen) atoms.